The van der Waals surface area contributed by atoms with E-state index in [1.165, 1.54) is 18.3 Å². The number of carbonyl (C=O) groups is 1. The van der Waals surface area contributed by atoms with Crippen molar-refractivity contribution in [3.63, 3.8) is 0 Å². The summed E-state index contributed by atoms with van der Waals surface area (Å²) in [6.07, 6.45) is 0. The summed E-state index contributed by atoms with van der Waals surface area (Å²) in [7, 11) is 1.57. The molecule has 0 radical (unpaired) electrons. The summed E-state index contributed by atoms with van der Waals surface area (Å²) >= 11 is 7.41. The van der Waals surface area contributed by atoms with E-state index in [1.807, 2.05) is 0 Å². The van der Waals surface area contributed by atoms with Gasteiger partial charge in [0, 0.05) is 6.92 Å². The first kappa shape index (κ1) is 11.9. The minimum Gasteiger partial charge on any atom is -0.494 e. The summed E-state index contributed by atoms with van der Waals surface area (Å²) in [4.78, 5) is 15.1. The largest absolute Gasteiger partial charge is 0.494 e. The summed E-state index contributed by atoms with van der Waals surface area (Å²) < 4.78 is 6.01. The molecule has 0 saturated carbocycles. The number of methoxy groups -OCH3 is 1. The molecule has 5 nitrogen and oxygen atoms in total. The molecular weight excluding hydrogens is 262 g/mol. The molecule has 2 N–H and O–H groups in total. The van der Waals surface area contributed by atoms with E-state index in [0.717, 1.165) is 4.70 Å². The Morgan fingerprint density at radius 3 is 2.94 bits per heavy atom. The number of carbonyl (C=O) groups excluding carboxylic acids is 1. The lowest BCUT2D eigenvalue weighted by Gasteiger charge is -2.00. The number of rotatable bonds is 3. The summed E-state index contributed by atoms with van der Waals surface area (Å²) in [5, 5.41) is 1.16. The Hall–Kier alpha value is -1.53. The van der Waals surface area contributed by atoms with Crippen molar-refractivity contribution in [2.45, 2.75) is 6.92 Å². The number of fused-ring (bicyclic) bond motifs is 1. The lowest BCUT2D eigenvalue weighted by atomic mass is 10.3. The average molecular weight is 272 g/mol. The van der Waals surface area contributed by atoms with Crippen molar-refractivity contribution in [3.05, 3.63) is 17.2 Å². The fourth-order valence-electron chi connectivity index (χ4n) is 1.31. The van der Waals surface area contributed by atoms with E-state index in [0.29, 0.717) is 21.4 Å². The molecule has 1 aromatic carbocycles. The lowest BCUT2D eigenvalue weighted by molar-refractivity contribution is -0.118. The zero-order valence-electron chi connectivity index (χ0n) is 9.20. The highest BCUT2D eigenvalue weighted by Crippen LogP contribution is 2.36. The highest BCUT2D eigenvalue weighted by Gasteiger charge is 2.11. The van der Waals surface area contributed by atoms with Gasteiger partial charge >= 0.3 is 0 Å². The van der Waals surface area contributed by atoms with Crippen molar-refractivity contribution in [1.29, 1.82) is 0 Å². The number of anilines is 1. The van der Waals surface area contributed by atoms with Crippen LogP contribution in [-0.2, 0) is 4.79 Å². The molecule has 7 heteroatoms. The molecule has 2 aromatic rings. The summed E-state index contributed by atoms with van der Waals surface area (Å²) in [5.74, 6) is 0.457. The molecule has 0 aliphatic carbocycles. The smallest absolute Gasteiger partial charge is 0.235 e. The second-order valence-corrected chi connectivity index (χ2v) is 4.66. The Labute approximate surface area is 107 Å². The van der Waals surface area contributed by atoms with Crippen LogP contribution < -0.4 is 15.6 Å². The first-order chi connectivity index (χ1) is 8.11. The molecule has 90 valence electrons. The lowest BCUT2D eigenvalue weighted by Crippen LogP contribution is -2.26. The van der Waals surface area contributed by atoms with Gasteiger partial charge in [-0.25, -0.2) is 4.98 Å². The van der Waals surface area contributed by atoms with E-state index in [4.69, 9.17) is 16.3 Å². The molecule has 2 rings (SSSR count). The molecule has 0 fully saturated rings. The molecular formula is C10H10ClN3O2S. The van der Waals surface area contributed by atoms with Crippen LogP contribution in [0.5, 0.6) is 5.75 Å². The predicted octanol–water partition coefficient (Wildman–Crippen LogP) is 2.42. The first-order valence-electron chi connectivity index (χ1n) is 4.77. The highest BCUT2D eigenvalue weighted by molar-refractivity contribution is 7.22. The number of halogens is 1. The Kier molecular flexibility index (Phi) is 3.35. The maximum absolute atomic E-state index is 10.8. The molecule has 0 bridgehead atoms. The molecule has 17 heavy (non-hydrogen) atoms. The van der Waals surface area contributed by atoms with Crippen molar-refractivity contribution < 1.29 is 9.53 Å². The van der Waals surface area contributed by atoms with E-state index in [9.17, 15) is 4.79 Å². The summed E-state index contributed by atoms with van der Waals surface area (Å²) in [6, 6.07) is 3.51. The number of hydrazine groups is 1. The topological polar surface area (TPSA) is 63.2 Å². The van der Waals surface area contributed by atoms with Crippen LogP contribution in [0.25, 0.3) is 10.2 Å². The zero-order valence-corrected chi connectivity index (χ0v) is 10.8. The van der Waals surface area contributed by atoms with Crippen LogP contribution in [0.4, 0.5) is 5.13 Å². The monoisotopic (exact) mass is 271 g/mol. The van der Waals surface area contributed by atoms with Gasteiger partial charge in [-0.2, -0.15) is 0 Å². The number of amides is 1. The minimum atomic E-state index is -0.192. The van der Waals surface area contributed by atoms with Crippen LogP contribution in [0.1, 0.15) is 6.92 Å². The quantitative estimate of drug-likeness (QED) is 0.842. The van der Waals surface area contributed by atoms with Gasteiger partial charge in [0.15, 0.2) is 0 Å². The van der Waals surface area contributed by atoms with Crippen molar-refractivity contribution >= 4 is 44.2 Å². The van der Waals surface area contributed by atoms with Crippen LogP contribution in [0.15, 0.2) is 12.1 Å². The normalized spacial score (nSPS) is 10.3. The van der Waals surface area contributed by atoms with Crippen LogP contribution in [-0.4, -0.2) is 18.0 Å². The van der Waals surface area contributed by atoms with Crippen LogP contribution in [0, 0.1) is 0 Å². The van der Waals surface area contributed by atoms with Crippen molar-refractivity contribution in [2.75, 3.05) is 12.5 Å². The molecule has 0 saturated heterocycles. The number of nitrogens with zero attached hydrogens (tertiary/aromatic N) is 1. The number of aromatic nitrogens is 1. The zero-order chi connectivity index (χ0) is 12.4. The van der Waals surface area contributed by atoms with Gasteiger partial charge in [0.25, 0.3) is 0 Å². The van der Waals surface area contributed by atoms with Crippen molar-refractivity contribution in [3.8, 4) is 5.75 Å². The molecule has 0 atom stereocenters. The van der Waals surface area contributed by atoms with Crippen molar-refractivity contribution in [2.24, 2.45) is 0 Å². The third-order valence-corrected chi connectivity index (χ3v) is 3.45. The van der Waals surface area contributed by atoms with Crippen molar-refractivity contribution in [1.82, 2.24) is 10.4 Å². The van der Waals surface area contributed by atoms with E-state index in [1.54, 1.807) is 19.2 Å². The van der Waals surface area contributed by atoms with Gasteiger partial charge in [-0.15, -0.1) is 0 Å². The SMILES string of the molecule is COc1ccc(Cl)c2sc(NNC(C)=O)nc12. The van der Waals surface area contributed by atoms with Gasteiger partial charge in [-0.05, 0) is 12.1 Å². The molecule has 0 unspecified atom stereocenters. The summed E-state index contributed by atoms with van der Waals surface area (Å²) in [5.41, 5.74) is 5.84. The number of hydrogen-bond acceptors (Lipinski definition) is 5. The van der Waals surface area contributed by atoms with Gasteiger partial charge < -0.3 is 4.74 Å². The average Bonchev–Trinajstić information content (AvgIpc) is 2.72. The number of benzene rings is 1. The molecule has 0 aliphatic heterocycles. The Morgan fingerprint density at radius 1 is 1.53 bits per heavy atom. The van der Waals surface area contributed by atoms with Crippen LogP contribution >= 0.6 is 22.9 Å². The van der Waals surface area contributed by atoms with E-state index in [2.05, 4.69) is 15.8 Å². The van der Waals surface area contributed by atoms with Gasteiger partial charge in [0.2, 0.25) is 11.0 Å². The molecule has 0 aliphatic rings. The Bertz CT molecular complexity index is 570. The van der Waals surface area contributed by atoms with Gasteiger partial charge in [-0.1, -0.05) is 22.9 Å². The van der Waals surface area contributed by atoms with Crippen LogP contribution in [0.3, 0.4) is 0 Å². The maximum Gasteiger partial charge on any atom is 0.235 e. The Morgan fingerprint density at radius 2 is 2.29 bits per heavy atom. The predicted molar refractivity (Wildman–Crippen MR) is 68.6 cm³/mol. The number of nitrogens with one attached hydrogen (secondary N) is 2. The number of hydrogen-bond donors (Lipinski definition) is 2. The van der Waals surface area contributed by atoms with Gasteiger partial charge in [-0.3, -0.25) is 15.6 Å². The Balaban J connectivity index is 2.41. The summed E-state index contributed by atoms with van der Waals surface area (Å²) in [6.45, 7) is 1.41. The van der Waals surface area contributed by atoms with Gasteiger partial charge in [0.05, 0.1) is 16.8 Å². The number of thiazole rings is 1. The van der Waals surface area contributed by atoms with E-state index >= 15 is 0 Å². The van der Waals surface area contributed by atoms with E-state index in [-0.39, 0.29) is 5.91 Å². The second kappa shape index (κ2) is 4.77. The second-order valence-electron chi connectivity index (χ2n) is 3.25. The fraction of sp³-hybridized carbons (Fsp3) is 0.200. The molecule has 0 spiro atoms. The highest BCUT2D eigenvalue weighted by atomic mass is 35.5. The third-order valence-electron chi connectivity index (χ3n) is 2.02. The fourth-order valence-corrected chi connectivity index (χ4v) is 2.42. The molecule has 1 amide bonds. The third kappa shape index (κ3) is 2.42. The first-order valence-corrected chi connectivity index (χ1v) is 5.97. The van der Waals surface area contributed by atoms with E-state index < -0.39 is 0 Å². The number of ether oxygens (including phenoxy) is 1. The molecule has 1 aromatic heterocycles. The minimum absolute atomic E-state index is 0.192. The van der Waals surface area contributed by atoms with Gasteiger partial charge in [0.1, 0.15) is 11.3 Å². The van der Waals surface area contributed by atoms with Crippen LogP contribution in [0.2, 0.25) is 5.02 Å². The maximum atomic E-state index is 10.8. The molecule has 1 heterocycles. The standard InChI is InChI=1S/C10H10ClN3O2S/c1-5(15)13-14-10-12-8-7(16-2)4-3-6(11)9(8)17-10/h3-4H,1-2H3,(H,12,14)(H,13,15).